The maximum absolute atomic E-state index is 12.8. The molecule has 1 atom stereocenters. The zero-order valence-corrected chi connectivity index (χ0v) is 43.3. The fourth-order valence-electron chi connectivity index (χ4n) is 7.99. The van der Waals surface area contributed by atoms with Crippen LogP contribution in [0.15, 0.2) is 48.6 Å². The van der Waals surface area contributed by atoms with Crippen LogP contribution in [0.1, 0.15) is 290 Å². The van der Waals surface area contributed by atoms with Crippen molar-refractivity contribution < 1.29 is 28.6 Å². The Bertz CT molecular complexity index is 1140. The molecule has 0 aliphatic rings. The minimum Gasteiger partial charge on any atom is -0.462 e. The zero-order valence-electron chi connectivity index (χ0n) is 43.3. The molecule has 0 aromatic rings. The highest BCUT2D eigenvalue weighted by molar-refractivity contribution is 5.71. The van der Waals surface area contributed by atoms with Crippen molar-refractivity contribution in [2.24, 2.45) is 0 Å². The van der Waals surface area contributed by atoms with E-state index in [9.17, 15) is 14.4 Å². The molecule has 6 nitrogen and oxygen atoms in total. The van der Waals surface area contributed by atoms with Crippen molar-refractivity contribution >= 4 is 17.9 Å². The van der Waals surface area contributed by atoms with E-state index in [-0.39, 0.29) is 31.1 Å². The lowest BCUT2D eigenvalue weighted by atomic mass is 10.1. The van der Waals surface area contributed by atoms with Crippen LogP contribution in [0.4, 0.5) is 0 Å². The van der Waals surface area contributed by atoms with E-state index < -0.39 is 6.10 Å². The fraction of sp³-hybridized carbons (Fsp3) is 0.814. The van der Waals surface area contributed by atoms with Gasteiger partial charge >= 0.3 is 17.9 Å². The van der Waals surface area contributed by atoms with Crippen LogP contribution in [0.5, 0.6) is 0 Å². The molecule has 0 heterocycles. The quantitative estimate of drug-likeness (QED) is 0.0262. The minimum atomic E-state index is -0.781. The monoisotopic (exact) mass is 911 g/mol. The van der Waals surface area contributed by atoms with E-state index in [2.05, 4.69) is 69.4 Å². The molecule has 6 heteroatoms. The van der Waals surface area contributed by atoms with Crippen LogP contribution in [0.25, 0.3) is 0 Å². The number of carbonyl (C=O) groups is 3. The van der Waals surface area contributed by atoms with E-state index >= 15 is 0 Å². The van der Waals surface area contributed by atoms with Gasteiger partial charge in [0.05, 0.1) is 0 Å². The van der Waals surface area contributed by atoms with E-state index in [0.29, 0.717) is 19.3 Å². The highest BCUT2D eigenvalue weighted by atomic mass is 16.6. The highest BCUT2D eigenvalue weighted by Crippen LogP contribution is 2.15. The molecule has 65 heavy (non-hydrogen) atoms. The van der Waals surface area contributed by atoms with Crippen LogP contribution >= 0.6 is 0 Å². The largest absolute Gasteiger partial charge is 0.462 e. The van der Waals surface area contributed by atoms with E-state index in [0.717, 1.165) is 83.5 Å². The van der Waals surface area contributed by atoms with Crippen molar-refractivity contribution in [1.82, 2.24) is 0 Å². The molecule has 0 fully saturated rings. The summed E-state index contributed by atoms with van der Waals surface area (Å²) in [4.78, 5) is 38.1. The Balaban J connectivity index is 4.35. The molecule has 0 radical (unpaired) electrons. The van der Waals surface area contributed by atoms with E-state index in [1.54, 1.807) is 0 Å². The summed E-state index contributed by atoms with van der Waals surface area (Å²) < 4.78 is 16.8. The summed E-state index contributed by atoms with van der Waals surface area (Å²) in [5.74, 6) is -0.891. The molecule has 378 valence electrons. The Morgan fingerprint density at radius 2 is 0.554 bits per heavy atom. The fourth-order valence-corrected chi connectivity index (χ4v) is 7.99. The SMILES string of the molecule is CCCCC/C=C\C/C=C\CCCCCCCCCCCC(=O)OC[C@H](COC(=O)CCCCCCC/C=C\CCCCCCCC)OC(=O)CCCCCCC/C=C\CCCCCC. The van der Waals surface area contributed by atoms with Gasteiger partial charge in [0, 0.05) is 19.3 Å². The first-order valence-electron chi connectivity index (χ1n) is 28.1. The third kappa shape index (κ3) is 52.2. The number of hydrogen-bond donors (Lipinski definition) is 0. The molecule has 0 amide bonds. The van der Waals surface area contributed by atoms with Crippen molar-refractivity contribution in [1.29, 1.82) is 0 Å². The van der Waals surface area contributed by atoms with Crippen molar-refractivity contribution in [3.63, 3.8) is 0 Å². The van der Waals surface area contributed by atoms with Crippen LogP contribution in [-0.2, 0) is 28.6 Å². The Hall–Kier alpha value is -2.63. The molecular formula is C59H106O6. The second-order valence-corrected chi connectivity index (χ2v) is 18.8. The van der Waals surface area contributed by atoms with Gasteiger partial charge in [0.1, 0.15) is 13.2 Å². The second-order valence-electron chi connectivity index (χ2n) is 18.8. The lowest BCUT2D eigenvalue weighted by Gasteiger charge is -2.18. The average molecular weight is 911 g/mol. The number of ether oxygens (including phenoxy) is 3. The molecule has 0 aliphatic carbocycles. The standard InChI is InChI=1S/C59H106O6/c1-4-7-10-13-16-19-22-25-27-28-29-30-32-35-37-40-43-46-49-52-58(61)64-55-56(65-59(62)53-50-47-44-41-38-33-24-21-18-15-12-9-6-3)54-63-57(60)51-48-45-42-39-36-34-31-26-23-20-17-14-11-8-5-2/h16,19,21,24-27,31,56H,4-15,17-18,20,22-23,28-30,32-55H2,1-3H3/b19-16-,24-21-,27-25-,31-26-/t56-/m0/s1. The maximum atomic E-state index is 12.8. The van der Waals surface area contributed by atoms with Gasteiger partial charge in [-0.1, -0.05) is 217 Å². The summed E-state index contributed by atoms with van der Waals surface area (Å²) in [6.45, 7) is 6.60. The Labute approximate surface area is 403 Å². The van der Waals surface area contributed by atoms with E-state index in [1.807, 2.05) is 0 Å². The second kappa shape index (κ2) is 54.0. The molecule has 0 rings (SSSR count). The number of allylic oxidation sites excluding steroid dienone is 8. The van der Waals surface area contributed by atoms with Crippen LogP contribution in [0.3, 0.4) is 0 Å². The molecule has 0 saturated heterocycles. The van der Waals surface area contributed by atoms with Gasteiger partial charge in [-0.2, -0.15) is 0 Å². The number of unbranched alkanes of at least 4 members (excludes halogenated alkanes) is 32. The summed E-state index contributed by atoms with van der Waals surface area (Å²) in [5.41, 5.74) is 0. The average Bonchev–Trinajstić information content (AvgIpc) is 3.30. The Morgan fingerprint density at radius 3 is 0.908 bits per heavy atom. The molecular weight excluding hydrogens is 805 g/mol. The first kappa shape index (κ1) is 62.4. The van der Waals surface area contributed by atoms with Crippen molar-refractivity contribution in [3.8, 4) is 0 Å². The van der Waals surface area contributed by atoms with Gasteiger partial charge in [-0.25, -0.2) is 0 Å². The lowest BCUT2D eigenvalue weighted by molar-refractivity contribution is -0.167. The van der Waals surface area contributed by atoms with Gasteiger partial charge < -0.3 is 14.2 Å². The number of esters is 3. The zero-order chi connectivity index (χ0) is 47.2. The summed E-state index contributed by atoms with van der Waals surface area (Å²) in [6, 6.07) is 0. The molecule has 0 aliphatic heterocycles. The Kier molecular flexibility index (Phi) is 51.8. The van der Waals surface area contributed by atoms with Gasteiger partial charge in [0.2, 0.25) is 0 Å². The predicted molar refractivity (Wildman–Crippen MR) is 279 cm³/mol. The van der Waals surface area contributed by atoms with Crippen LogP contribution in [0, 0.1) is 0 Å². The van der Waals surface area contributed by atoms with E-state index in [1.165, 1.54) is 167 Å². The van der Waals surface area contributed by atoms with Crippen molar-refractivity contribution in [3.05, 3.63) is 48.6 Å². The van der Waals surface area contributed by atoms with Gasteiger partial charge in [0.25, 0.3) is 0 Å². The third-order valence-corrected chi connectivity index (χ3v) is 12.3. The number of hydrogen-bond acceptors (Lipinski definition) is 6. The smallest absolute Gasteiger partial charge is 0.306 e. The van der Waals surface area contributed by atoms with Gasteiger partial charge in [0.15, 0.2) is 6.10 Å². The topological polar surface area (TPSA) is 78.9 Å². The summed E-state index contributed by atoms with van der Waals surface area (Å²) in [6.07, 6.45) is 65.2. The predicted octanol–water partition coefficient (Wildman–Crippen LogP) is 18.7. The van der Waals surface area contributed by atoms with Crippen molar-refractivity contribution in [2.45, 2.75) is 297 Å². The van der Waals surface area contributed by atoms with Crippen LogP contribution in [0.2, 0.25) is 0 Å². The summed E-state index contributed by atoms with van der Waals surface area (Å²) in [5, 5.41) is 0. The summed E-state index contributed by atoms with van der Waals surface area (Å²) >= 11 is 0. The minimum absolute atomic E-state index is 0.0800. The highest BCUT2D eigenvalue weighted by Gasteiger charge is 2.19. The first-order chi connectivity index (χ1) is 32.0. The van der Waals surface area contributed by atoms with Crippen LogP contribution in [-0.4, -0.2) is 37.2 Å². The van der Waals surface area contributed by atoms with Gasteiger partial charge in [-0.15, -0.1) is 0 Å². The molecule has 0 N–H and O–H groups in total. The van der Waals surface area contributed by atoms with Gasteiger partial charge in [-0.3, -0.25) is 14.4 Å². The maximum Gasteiger partial charge on any atom is 0.306 e. The molecule has 0 aromatic carbocycles. The van der Waals surface area contributed by atoms with E-state index in [4.69, 9.17) is 14.2 Å². The molecule has 0 unspecified atom stereocenters. The Morgan fingerprint density at radius 1 is 0.308 bits per heavy atom. The third-order valence-electron chi connectivity index (χ3n) is 12.3. The van der Waals surface area contributed by atoms with Crippen LogP contribution < -0.4 is 0 Å². The molecule has 0 bridgehead atoms. The number of rotatable bonds is 51. The number of carbonyl (C=O) groups excluding carboxylic acids is 3. The molecule has 0 saturated carbocycles. The molecule has 0 aromatic heterocycles. The summed E-state index contributed by atoms with van der Waals surface area (Å²) in [7, 11) is 0. The normalized spacial score (nSPS) is 12.4. The first-order valence-corrected chi connectivity index (χ1v) is 28.1. The van der Waals surface area contributed by atoms with Gasteiger partial charge in [-0.05, 0) is 103 Å². The lowest BCUT2D eigenvalue weighted by Crippen LogP contribution is -2.30. The molecule has 0 spiro atoms. The van der Waals surface area contributed by atoms with Crippen molar-refractivity contribution in [2.75, 3.05) is 13.2 Å².